The van der Waals surface area contributed by atoms with Crippen LogP contribution in [0, 0.1) is 17.1 Å². The van der Waals surface area contributed by atoms with E-state index in [0.717, 1.165) is 39.1 Å². The van der Waals surface area contributed by atoms with E-state index in [1.54, 1.807) is 12.1 Å². The standard InChI is InChI=1S/C25H23BrFNO3S/c1-30-23(29)11-20(16-6-7-16)17-3-2-4-19(10-17)31-13-18-14-32-25(24(18)26)21-9-15(12-28)5-8-22(21)27/h2-5,8-10,12,14,16,20,28H,6-7,11,13H2,1H3/t20-/m0/s1. The van der Waals surface area contributed by atoms with Gasteiger partial charge in [0.15, 0.2) is 0 Å². The van der Waals surface area contributed by atoms with Crippen LogP contribution in [0.2, 0.25) is 0 Å². The predicted octanol–water partition coefficient (Wildman–Crippen LogP) is 6.95. The summed E-state index contributed by atoms with van der Waals surface area (Å²) in [6.07, 6.45) is 3.85. The lowest BCUT2D eigenvalue weighted by atomic mass is 9.91. The monoisotopic (exact) mass is 515 g/mol. The molecule has 1 heterocycles. The van der Waals surface area contributed by atoms with Gasteiger partial charge in [-0.3, -0.25) is 4.79 Å². The molecule has 0 spiro atoms. The van der Waals surface area contributed by atoms with Crippen molar-refractivity contribution in [3.63, 3.8) is 0 Å². The van der Waals surface area contributed by atoms with Gasteiger partial charge in [0.05, 0.1) is 18.4 Å². The number of esters is 1. The molecular weight excluding hydrogens is 493 g/mol. The minimum absolute atomic E-state index is 0.148. The summed E-state index contributed by atoms with van der Waals surface area (Å²) >= 11 is 5.03. The molecule has 4 rings (SSSR count). The van der Waals surface area contributed by atoms with Gasteiger partial charge in [-0.25, -0.2) is 4.39 Å². The molecule has 0 saturated heterocycles. The highest BCUT2D eigenvalue weighted by atomic mass is 79.9. The number of ether oxygens (including phenoxy) is 2. The quantitative estimate of drug-likeness (QED) is 0.247. The van der Waals surface area contributed by atoms with Gasteiger partial charge < -0.3 is 14.9 Å². The fourth-order valence-electron chi connectivity index (χ4n) is 3.78. The Kier molecular flexibility index (Phi) is 7.06. The maximum absolute atomic E-state index is 14.4. The molecule has 0 radical (unpaired) electrons. The zero-order valence-corrected chi connectivity index (χ0v) is 20.0. The van der Waals surface area contributed by atoms with Crippen molar-refractivity contribution in [2.24, 2.45) is 5.92 Å². The average molecular weight is 516 g/mol. The van der Waals surface area contributed by atoms with E-state index in [1.165, 1.54) is 30.7 Å². The number of benzene rings is 2. The van der Waals surface area contributed by atoms with Gasteiger partial charge in [0, 0.05) is 21.8 Å². The summed E-state index contributed by atoms with van der Waals surface area (Å²) in [6, 6.07) is 12.5. The summed E-state index contributed by atoms with van der Waals surface area (Å²) in [5, 5.41) is 9.37. The fourth-order valence-corrected chi connectivity index (χ4v) is 5.62. The molecule has 1 aliphatic carbocycles. The smallest absolute Gasteiger partial charge is 0.306 e. The fraction of sp³-hybridized carbons (Fsp3) is 0.280. The second-order valence-corrected chi connectivity index (χ2v) is 9.55. The number of hydrogen-bond acceptors (Lipinski definition) is 5. The van der Waals surface area contributed by atoms with Crippen molar-refractivity contribution in [2.45, 2.75) is 31.8 Å². The first-order valence-electron chi connectivity index (χ1n) is 10.4. The summed E-state index contributed by atoms with van der Waals surface area (Å²) in [5.74, 6) is 0.881. The second kappa shape index (κ2) is 9.96. The first-order valence-corrected chi connectivity index (χ1v) is 12.0. The van der Waals surface area contributed by atoms with Crippen LogP contribution in [0.3, 0.4) is 0 Å². The maximum atomic E-state index is 14.4. The van der Waals surface area contributed by atoms with Gasteiger partial charge in [-0.05, 0) is 81.4 Å². The minimum Gasteiger partial charge on any atom is -0.489 e. The molecule has 166 valence electrons. The van der Waals surface area contributed by atoms with Crippen molar-refractivity contribution in [3.8, 4) is 16.2 Å². The highest BCUT2D eigenvalue weighted by molar-refractivity contribution is 9.10. The molecule has 1 atom stereocenters. The summed E-state index contributed by atoms with van der Waals surface area (Å²) < 4.78 is 26.1. The Balaban J connectivity index is 1.50. The van der Waals surface area contributed by atoms with Gasteiger partial charge >= 0.3 is 5.97 Å². The van der Waals surface area contributed by atoms with Gasteiger partial charge in [-0.1, -0.05) is 18.2 Å². The highest BCUT2D eigenvalue weighted by Gasteiger charge is 2.34. The van der Waals surface area contributed by atoms with E-state index < -0.39 is 0 Å². The van der Waals surface area contributed by atoms with Gasteiger partial charge in [0.1, 0.15) is 18.2 Å². The van der Waals surface area contributed by atoms with Crippen LogP contribution in [0.25, 0.3) is 10.4 Å². The molecule has 2 aromatic carbocycles. The summed E-state index contributed by atoms with van der Waals surface area (Å²) in [5.41, 5.74) is 3.12. The van der Waals surface area contributed by atoms with Crippen LogP contribution in [0.15, 0.2) is 52.3 Å². The van der Waals surface area contributed by atoms with Crippen LogP contribution < -0.4 is 4.74 Å². The lowest BCUT2D eigenvalue weighted by Crippen LogP contribution is -2.10. The lowest BCUT2D eigenvalue weighted by Gasteiger charge is -2.16. The van der Waals surface area contributed by atoms with Crippen molar-refractivity contribution in [1.29, 1.82) is 5.41 Å². The molecule has 3 aromatic rings. The third-order valence-corrected chi connectivity index (χ3v) is 7.92. The topological polar surface area (TPSA) is 59.4 Å². The van der Waals surface area contributed by atoms with Crippen molar-refractivity contribution >= 4 is 39.5 Å². The molecule has 0 unspecified atom stereocenters. The van der Waals surface area contributed by atoms with E-state index in [2.05, 4.69) is 15.9 Å². The van der Waals surface area contributed by atoms with E-state index in [4.69, 9.17) is 14.9 Å². The van der Waals surface area contributed by atoms with Crippen molar-refractivity contribution < 1.29 is 18.7 Å². The molecule has 0 amide bonds. The Bertz CT molecular complexity index is 1140. The molecule has 1 aromatic heterocycles. The number of methoxy groups -OCH3 is 1. The molecule has 1 aliphatic rings. The number of thiophene rings is 1. The SMILES string of the molecule is COC(=O)C[C@H](c1cccc(OCc2csc(-c3cc(C=N)ccc3F)c2Br)c1)C1CC1. The Labute approximate surface area is 199 Å². The summed E-state index contributed by atoms with van der Waals surface area (Å²) in [6.45, 7) is 0.331. The van der Waals surface area contributed by atoms with E-state index >= 15 is 0 Å². The number of carbonyl (C=O) groups is 1. The van der Waals surface area contributed by atoms with E-state index in [9.17, 15) is 9.18 Å². The maximum Gasteiger partial charge on any atom is 0.306 e. The highest BCUT2D eigenvalue weighted by Crippen LogP contribution is 2.45. The van der Waals surface area contributed by atoms with Crippen LogP contribution in [0.4, 0.5) is 4.39 Å². The first-order chi connectivity index (χ1) is 15.5. The van der Waals surface area contributed by atoms with Crippen LogP contribution in [0.5, 0.6) is 5.75 Å². The number of carbonyl (C=O) groups excluding carboxylic acids is 1. The Morgan fingerprint density at radius 3 is 2.84 bits per heavy atom. The van der Waals surface area contributed by atoms with Crippen LogP contribution in [-0.4, -0.2) is 19.3 Å². The van der Waals surface area contributed by atoms with E-state index in [-0.39, 0.29) is 17.7 Å². The molecule has 0 aliphatic heterocycles. The van der Waals surface area contributed by atoms with Gasteiger partial charge in [0.25, 0.3) is 0 Å². The number of hydrogen-bond donors (Lipinski definition) is 1. The van der Waals surface area contributed by atoms with Crippen molar-refractivity contribution in [3.05, 3.63) is 74.8 Å². The normalized spacial score (nSPS) is 14.1. The Morgan fingerprint density at radius 1 is 1.31 bits per heavy atom. The molecule has 0 bridgehead atoms. The van der Waals surface area contributed by atoms with E-state index in [0.29, 0.717) is 30.1 Å². The molecule has 1 fully saturated rings. The molecule has 4 nitrogen and oxygen atoms in total. The third-order valence-electron chi connectivity index (χ3n) is 5.69. The van der Waals surface area contributed by atoms with Gasteiger partial charge in [-0.2, -0.15) is 0 Å². The van der Waals surface area contributed by atoms with Crippen LogP contribution in [-0.2, 0) is 16.1 Å². The number of halogens is 2. The van der Waals surface area contributed by atoms with Crippen LogP contribution in [0.1, 0.15) is 41.9 Å². The minimum atomic E-state index is -0.324. The molecular formula is C25H23BrFNO3S. The zero-order valence-electron chi connectivity index (χ0n) is 17.6. The molecule has 1 saturated carbocycles. The average Bonchev–Trinajstić information content (AvgIpc) is 3.59. The van der Waals surface area contributed by atoms with E-state index in [1.807, 2.05) is 29.6 Å². The summed E-state index contributed by atoms with van der Waals surface area (Å²) in [7, 11) is 1.42. The predicted molar refractivity (Wildman–Crippen MR) is 128 cm³/mol. The second-order valence-electron chi connectivity index (χ2n) is 7.87. The van der Waals surface area contributed by atoms with Gasteiger partial charge in [-0.15, -0.1) is 11.3 Å². The van der Waals surface area contributed by atoms with Gasteiger partial charge in [0.2, 0.25) is 0 Å². The van der Waals surface area contributed by atoms with Crippen molar-refractivity contribution in [2.75, 3.05) is 7.11 Å². The lowest BCUT2D eigenvalue weighted by molar-refractivity contribution is -0.141. The zero-order chi connectivity index (χ0) is 22.7. The summed E-state index contributed by atoms with van der Waals surface area (Å²) in [4.78, 5) is 12.6. The number of rotatable bonds is 9. The molecule has 1 N–H and O–H groups in total. The van der Waals surface area contributed by atoms with Crippen molar-refractivity contribution in [1.82, 2.24) is 0 Å². The largest absolute Gasteiger partial charge is 0.489 e. The van der Waals surface area contributed by atoms with Crippen LogP contribution >= 0.6 is 27.3 Å². The Morgan fingerprint density at radius 2 is 2.12 bits per heavy atom. The molecule has 32 heavy (non-hydrogen) atoms. The third kappa shape index (κ3) is 5.10. The molecule has 7 heteroatoms. The number of nitrogens with one attached hydrogen (secondary N) is 1. The first kappa shape index (κ1) is 22.7. The Hall–Kier alpha value is -2.51.